The number of aryl methyl sites for hydroxylation is 1. The van der Waals surface area contributed by atoms with E-state index in [1.807, 2.05) is 0 Å². The van der Waals surface area contributed by atoms with Gasteiger partial charge in [-0.05, 0) is 43.3 Å². The highest BCUT2D eigenvalue weighted by Gasteiger charge is 2.12. The van der Waals surface area contributed by atoms with Crippen molar-refractivity contribution in [3.8, 4) is 17.2 Å². The summed E-state index contributed by atoms with van der Waals surface area (Å²) in [5.74, 6) is 0.799. The largest absolute Gasteiger partial charge is 0.421 e. The molecule has 0 bridgehead atoms. The van der Waals surface area contributed by atoms with E-state index in [2.05, 4.69) is 10.1 Å². The molecule has 0 saturated carbocycles. The van der Waals surface area contributed by atoms with E-state index >= 15 is 0 Å². The zero-order valence-corrected chi connectivity index (χ0v) is 12.4. The summed E-state index contributed by atoms with van der Waals surface area (Å²) in [4.78, 5) is 16.2. The van der Waals surface area contributed by atoms with Crippen LogP contribution < -0.4 is 4.74 Å². The molecule has 5 nitrogen and oxygen atoms in total. The van der Waals surface area contributed by atoms with Crippen LogP contribution in [-0.4, -0.2) is 16.1 Å². The molecule has 0 spiro atoms. The average molecular weight is 315 g/mol. The smallest absolute Gasteiger partial charge is 0.343 e. The minimum absolute atomic E-state index is 0.325. The summed E-state index contributed by atoms with van der Waals surface area (Å²) in [6.07, 6.45) is 0. The summed E-state index contributed by atoms with van der Waals surface area (Å²) < 4.78 is 10.3. The third-order valence-corrected chi connectivity index (χ3v) is 3.25. The molecule has 2 aromatic carbocycles. The molecule has 0 unspecified atom stereocenters. The fourth-order valence-corrected chi connectivity index (χ4v) is 2.02. The topological polar surface area (TPSA) is 65.2 Å². The van der Waals surface area contributed by atoms with E-state index < -0.39 is 5.97 Å². The number of benzene rings is 2. The Morgan fingerprint density at radius 3 is 2.50 bits per heavy atom. The first-order valence-electron chi connectivity index (χ1n) is 6.51. The predicted molar refractivity (Wildman–Crippen MR) is 80.9 cm³/mol. The van der Waals surface area contributed by atoms with Crippen LogP contribution in [0.15, 0.2) is 53.1 Å². The maximum atomic E-state index is 12.1. The van der Waals surface area contributed by atoms with Crippen molar-refractivity contribution < 1.29 is 14.1 Å². The van der Waals surface area contributed by atoms with Crippen molar-refractivity contribution in [1.82, 2.24) is 10.1 Å². The highest BCUT2D eigenvalue weighted by atomic mass is 35.5. The Labute approximate surface area is 131 Å². The molecule has 0 atom stereocenters. The summed E-state index contributed by atoms with van der Waals surface area (Å²) in [5, 5.41) is 4.11. The van der Waals surface area contributed by atoms with Crippen LogP contribution in [0.1, 0.15) is 16.2 Å². The maximum Gasteiger partial charge on any atom is 0.343 e. The molecule has 0 saturated heterocycles. The first kappa shape index (κ1) is 14.3. The highest BCUT2D eigenvalue weighted by Crippen LogP contribution is 2.24. The predicted octanol–water partition coefficient (Wildman–Crippen LogP) is 3.92. The van der Waals surface area contributed by atoms with Gasteiger partial charge in [0.25, 0.3) is 5.89 Å². The number of rotatable bonds is 3. The molecule has 0 aliphatic carbocycles. The third-order valence-electron chi connectivity index (χ3n) is 2.93. The van der Waals surface area contributed by atoms with E-state index in [4.69, 9.17) is 20.9 Å². The summed E-state index contributed by atoms with van der Waals surface area (Å²) in [6, 6.07) is 13.5. The Balaban J connectivity index is 1.78. The summed E-state index contributed by atoms with van der Waals surface area (Å²) in [5.41, 5.74) is 1.13. The van der Waals surface area contributed by atoms with Gasteiger partial charge in [-0.3, -0.25) is 0 Å². The average Bonchev–Trinajstić information content (AvgIpc) is 2.96. The van der Waals surface area contributed by atoms with Gasteiger partial charge in [0, 0.05) is 5.56 Å². The second-order valence-electron chi connectivity index (χ2n) is 4.54. The number of hydrogen-bond donors (Lipinski definition) is 0. The molecule has 0 aliphatic rings. The number of nitrogens with zero attached hydrogens (tertiary/aromatic N) is 2. The van der Waals surface area contributed by atoms with E-state index in [1.54, 1.807) is 55.5 Å². The van der Waals surface area contributed by atoms with Crippen LogP contribution in [0.3, 0.4) is 0 Å². The minimum atomic E-state index is -0.485. The van der Waals surface area contributed by atoms with Gasteiger partial charge in [0.1, 0.15) is 5.75 Å². The zero-order valence-electron chi connectivity index (χ0n) is 11.6. The number of carbonyl (C=O) groups excluding carboxylic acids is 1. The minimum Gasteiger partial charge on any atom is -0.421 e. The van der Waals surface area contributed by atoms with Gasteiger partial charge in [-0.2, -0.15) is 4.98 Å². The molecule has 22 heavy (non-hydrogen) atoms. The summed E-state index contributed by atoms with van der Waals surface area (Å²) >= 11 is 5.96. The van der Waals surface area contributed by atoms with E-state index in [0.29, 0.717) is 28.1 Å². The number of aromatic nitrogens is 2. The second-order valence-corrected chi connectivity index (χ2v) is 4.95. The Morgan fingerprint density at radius 2 is 1.86 bits per heavy atom. The fourth-order valence-electron chi connectivity index (χ4n) is 1.85. The Morgan fingerprint density at radius 1 is 1.14 bits per heavy atom. The molecule has 3 aromatic rings. The van der Waals surface area contributed by atoms with E-state index in [-0.39, 0.29) is 0 Å². The van der Waals surface area contributed by atoms with E-state index in [0.717, 1.165) is 5.56 Å². The first-order chi connectivity index (χ1) is 10.6. The van der Waals surface area contributed by atoms with Gasteiger partial charge in [-0.25, -0.2) is 4.79 Å². The molecule has 0 amide bonds. The number of halogens is 1. The van der Waals surface area contributed by atoms with Gasteiger partial charge in [-0.1, -0.05) is 28.9 Å². The van der Waals surface area contributed by atoms with Gasteiger partial charge in [0.05, 0.1) is 10.6 Å². The monoisotopic (exact) mass is 314 g/mol. The molecule has 0 N–H and O–H groups in total. The first-order valence-corrected chi connectivity index (χ1v) is 6.89. The van der Waals surface area contributed by atoms with Gasteiger partial charge >= 0.3 is 5.97 Å². The van der Waals surface area contributed by atoms with Gasteiger partial charge < -0.3 is 9.26 Å². The third kappa shape index (κ3) is 2.99. The quantitative estimate of drug-likeness (QED) is 0.541. The lowest BCUT2D eigenvalue weighted by Gasteiger charge is -2.06. The molecule has 6 heteroatoms. The Kier molecular flexibility index (Phi) is 3.89. The van der Waals surface area contributed by atoms with Gasteiger partial charge in [0.15, 0.2) is 5.82 Å². The SMILES string of the molecule is Cc1noc(-c2ccc(C(=O)Oc3ccccc3Cl)cc2)n1. The van der Waals surface area contributed by atoms with Crippen molar-refractivity contribution in [3.63, 3.8) is 0 Å². The van der Waals surface area contributed by atoms with E-state index in [1.165, 1.54) is 0 Å². The second kappa shape index (κ2) is 5.99. The zero-order chi connectivity index (χ0) is 15.5. The normalized spacial score (nSPS) is 10.5. The number of para-hydroxylation sites is 1. The number of ether oxygens (including phenoxy) is 1. The molecule has 110 valence electrons. The van der Waals surface area contributed by atoms with Crippen molar-refractivity contribution >= 4 is 17.6 Å². The molecule has 0 fully saturated rings. The highest BCUT2D eigenvalue weighted by molar-refractivity contribution is 6.32. The number of carbonyl (C=O) groups is 1. The molecular weight excluding hydrogens is 304 g/mol. The molecular formula is C16H11ClN2O3. The van der Waals surface area contributed by atoms with Crippen LogP contribution in [0.4, 0.5) is 0 Å². The fraction of sp³-hybridized carbons (Fsp3) is 0.0625. The lowest BCUT2D eigenvalue weighted by atomic mass is 10.1. The number of esters is 1. The summed E-state index contributed by atoms with van der Waals surface area (Å²) in [7, 11) is 0. The van der Waals surface area contributed by atoms with Crippen LogP contribution in [0, 0.1) is 6.92 Å². The van der Waals surface area contributed by atoms with Crippen LogP contribution in [0.5, 0.6) is 5.75 Å². The van der Waals surface area contributed by atoms with Crippen molar-refractivity contribution in [1.29, 1.82) is 0 Å². The molecule has 0 radical (unpaired) electrons. The number of hydrogen-bond acceptors (Lipinski definition) is 5. The lowest BCUT2D eigenvalue weighted by Crippen LogP contribution is -2.08. The van der Waals surface area contributed by atoms with E-state index in [9.17, 15) is 4.79 Å². The van der Waals surface area contributed by atoms with Crippen molar-refractivity contribution in [2.45, 2.75) is 6.92 Å². The van der Waals surface area contributed by atoms with Crippen molar-refractivity contribution in [3.05, 3.63) is 64.9 Å². The van der Waals surface area contributed by atoms with Crippen molar-refractivity contribution in [2.24, 2.45) is 0 Å². The van der Waals surface area contributed by atoms with Gasteiger partial charge in [-0.15, -0.1) is 0 Å². The maximum absolute atomic E-state index is 12.1. The van der Waals surface area contributed by atoms with Crippen LogP contribution in [0.25, 0.3) is 11.5 Å². The lowest BCUT2D eigenvalue weighted by molar-refractivity contribution is 0.0735. The summed E-state index contributed by atoms with van der Waals surface area (Å²) in [6.45, 7) is 1.74. The Hall–Kier alpha value is -2.66. The van der Waals surface area contributed by atoms with Crippen LogP contribution in [-0.2, 0) is 0 Å². The Bertz CT molecular complexity index is 812. The molecule has 3 rings (SSSR count). The molecule has 1 aromatic heterocycles. The standard InChI is InChI=1S/C16H11ClN2O3/c1-10-18-15(22-19-10)11-6-8-12(9-7-11)16(20)21-14-5-3-2-4-13(14)17/h2-9H,1H3. The molecule has 0 aliphatic heterocycles. The van der Waals surface area contributed by atoms with Gasteiger partial charge in [0.2, 0.25) is 0 Å². The molecule has 1 heterocycles. The van der Waals surface area contributed by atoms with Crippen LogP contribution in [0.2, 0.25) is 5.02 Å². The van der Waals surface area contributed by atoms with Crippen molar-refractivity contribution in [2.75, 3.05) is 0 Å². The van der Waals surface area contributed by atoms with Crippen LogP contribution >= 0.6 is 11.6 Å².